The summed E-state index contributed by atoms with van der Waals surface area (Å²) in [7, 11) is 0. The van der Waals surface area contributed by atoms with E-state index >= 15 is 0 Å². The lowest BCUT2D eigenvalue weighted by Gasteiger charge is -2.22. The van der Waals surface area contributed by atoms with Crippen LogP contribution in [0.15, 0.2) is 182 Å². The van der Waals surface area contributed by atoms with E-state index in [2.05, 4.69) is 155 Å². The van der Waals surface area contributed by atoms with Crippen LogP contribution in [0.5, 0.6) is 0 Å². The van der Waals surface area contributed by atoms with Crippen molar-refractivity contribution in [2.24, 2.45) is 0 Å². The summed E-state index contributed by atoms with van der Waals surface area (Å²) in [5.41, 5.74) is 8.44. The summed E-state index contributed by atoms with van der Waals surface area (Å²) in [4.78, 5) is 2.21. The number of hydrogen-bond acceptors (Lipinski definition) is 3. The predicted molar refractivity (Wildman–Crippen MR) is 205 cm³/mol. The van der Waals surface area contributed by atoms with Crippen molar-refractivity contribution in [3.05, 3.63) is 182 Å². The van der Waals surface area contributed by atoms with Crippen LogP contribution < -0.4 is 4.90 Å². The molecule has 0 saturated heterocycles. The van der Waals surface area contributed by atoms with Gasteiger partial charge in [0.1, 0.15) is 0 Å². The Labute approximate surface area is 288 Å². The molecule has 6 nitrogen and oxygen atoms in total. The normalized spacial score (nSPS) is 11.6. The molecule has 10 rings (SSSR count). The molecule has 0 saturated carbocycles. The van der Waals surface area contributed by atoms with Gasteiger partial charge in [-0.05, 0) is 84.9 Å². The maximum absolute atomic E-state index is 5.34. The Kier molecular flexibility index (Phi) is 6.39. The topological polar surface area (TPSA) is 43.8 Å². The van der Waals surface area contributed by atoms with E-state index in [1.54, 1.807) is 0 Å². The third-order valence-electron chi connectivity index (χ3n) is 9.51. The fourth-order valence-corrected chi connectivity index (χ4v) is 7.26. The van der Waals surface area contributed by atoms with E-state index < -0.39 is 0 Å². The second kappa shape index (κ2) is 11.4. The molecule has 0 aliphatic rings. The molecule has 3 aromatic heterocycles. The molecule has 0 atom stereocenters. The summed E-state index contributed by atoms with van der Waals surface area (Å²) in [6.45, 7) is 0. The van der Waals surface area contributed by atoms with Crippen LogP contribution in [0.2, 0.25) is 0 Å². The Morgan fingerprint density at radius 1 is 0.320 bits per heavy atom. The van der Waals surface area contributed by atoms with Crippen LogP contribution in [0.3, 0.4) is 0 Å². The molecule has 3 heterocycles. The largest absolute Gasteiger partial charge is 0.309 e. The summed E-state index contributed by atoms with van der Waals surface area (Å²) in [5.74, 6) is 1.61. The monoisotopic (exact) mass is 642 g/mol. The van der Waals surface area contributed by atoms with E-state index in [4.69, 9.17) is 10.2 Å². The molecule has 0 spiro atoms. The highest BCUT2D eigenvalue weighted by Crippen LogP contribution is 2.42. The van der Waals surface area contributed by atoms with Crippen LogP contribution in [0.1, 0.15) is 0 Å². The first-order chi connectivity index (χ1) is 24.8. The second-order valence-corrected chi connectivity index (χ2v) is 12.4. The molecule has 0 aliphatic heterocycles. The molecule has 0 unspecified atom stereocenters. The van der Waals surface area contributed by atoms with Gasteiger partial charge in [-0.3, -0.25) is 4.90 Å². The van der Waals surface area contributed by atoms with Crippen molar-refractivity contribution >= 4 is 60.9 Å². The SMILES string of the molecule is c1ccc(-n2nc(N(c3ccc(-n4c5ccccc5c5ccccc54)cc3)c3nn(-c4ccccc4)c4ccccc34)c3ccccc32)cc1. The van der Waals surface area contributed by atoms with Crippen LogP contribution >= 0.6 is 0 Å². The molecule has 10 aromatic rings. The summed E-state index contributed by atoms with van der Waals surface area (Å²) < 4.78 is 6.40. The van der Waals surface area contributed by atoms with Crippen LogP contribution in [0.4, 0.5) is 17.3 Å². The van der Waals surface area contributed by atoms with Crippen molar-refractivity contribution < 1.29 is 0 Å². The number of aromatic nitrogens is 5. The van der Waals surface area contributed by atoms with Crippen molar-refractivity contribution in [2.45, 2.75) is 0 Å². The number of nitrogens with zero attached hydrogens (tertiary/aromatic N) is 6. The molecule has 50 heavy (non-hydrogen) atoms. The van der Waals surface area contributed by atoms with Gasteiger partial charge in [0.2, 0.25) is 0 Å². The Bertz CT molecular complexity index is 2640. The molecule has 7 aromatic carbocycles. The predicted octanol–water partition coefficient (Wildman–Crippen LogP) is 10.9. The number of hydrogen-bond donors (Lipinski definition) is 0. The lowest BCUT2D eigenvalue weighted by molar-refractivity contribution is 0.883. The van der Waals surface area contributed by atoms with Gasteiger partial charge in [0, 0.05) is 32.9 Å². The molecular weight excluding hydrogens is 613 g/mol. The van der Waals surface area contributed by atoms with E-state index in [0.717, 1.165) is 56.2 Å². The molecule has 0 fully saturated rings. The minimum atomic E-state index is 0.803. The zero-order chi connectivity index (χ0) is 33.0. The Hall–Kier alpha value is -6.92. The minimum Gasteiger partial charge on any atom is -0.309 e. The number of anilines is 3. The first-order valence-electron chi connectivity index (χ1n) is 16.8. The zero-order valence-corrected chi connectivity index (χ0v) is 27.0. The van der Waals surface area contributed by atoms with Crippen LogP contribution in [0.25, 0.3) is 60.7 Å². The van der Waals surface area contributed by atoms with E-state index in [0.29, 0.717) is 0 Å². The lowest BCUT2D eigenvalue weighted by Crippen LogP contribution is -2.13. The molecule has 6 heteroatoms. The number of benzene rings is 7. The number of para-hydroxylation sites is 6. The molecule has 0 N–H and O–H groups in total. The fraction of sp³-hybridized carbons (Fsp3) is 0. The van der Waals surface area contributed by atoms with E-state index in [-0.39, 0.29) is 0 Å². The van der Waals surface area contributed by atoms with Gasteiger partial charge in [-0.25, -0.2) is 9.36 Å². The summed E-state index contributed by atoms with van der Waals surface area (Å²) >= 11 is 0. The number of rotatable bonds is 6. The van der Waals surface area contributed by atoms with Gasteiger partial charge in [-0.2, -0.15) is 0 Å². The van der Waals surface area contributed by atoms with Crippen molar-refractivity contribution in [2.75, 3.05) is 4.90 Å². The lowest BCUT2D eigenvalue weighted by atomic mass is 10.1. The molecule has 0 aliphatic carbocycles. The van der Waals surface area contributed by atoms with Gasteiger partial charge in [-0.1, -0.05) is 97.1 Å². The van der Waals surface area contributed by atoms with Crippen molar-refractivity contribution in [3.8, 4) is 17.1 Å². The van der Waals surface area contributed by atoms with E-state index in [1.807, 2.05) is 45.8 Å². The molecule has 0 radical (unpaired) electrons. The Morgan fingerprint density at radius 3 is 1.16 bits per heavy atom. The molecule has 0 bridgehead atoms. The summed E-state index contributed by atoms with van der Waals surface area (Å²) in [6.07, 6.45) is 0. The average Bonchev–Trinajstić information content (AvgIpc) is 3.87. The highest BCUT2D eigenvalue weighted by Gasteiger charge is 2.26. The van der Waals surface area contributed by atoms with E-state index in [9.17, 15) is 0 Å². The smallest absolute Gasteiger partial charge is 0.169 e. The van der Waals surface area contributed by atoms with Gasteiger partial charge >= 0.3 is 0 Å². The van der Waals surface area contributed by atoms with Crippen LogP contribution in [-0.4, -0.2) is 24.1 Å². The summed E-state index contributed by atoms with van der Waals surface area (Å²) in [6, 6.07) is 63.5. The molecule has 0 amide bonds. The fourth-order valence-electron chi connectivity index (χ4n) is 7.26. The maximum Gasteiger partial charge on any atom is 0.169 e. The zero-order valence-electron chi connectivity index (χ0n) is 27.0. The minimum absolute atomic E-state index is 0.803. The highest BCUT2D eigenvalue weighted by atomic mass is 15.4. The number of fused-ring (bicyclic) bond motifs is 5. The Morgan fingerprint density at radius 2 is 0.700 bits per heavy atom. The third kappa shape index (κ3) is 4.36. The second-order valence-electron chi connectivity index (χ2n) is 12.4. The van der Waals surface area contributed by atoms with Crippen molar-refractivity contribution in [3.63, 3.8) is 0 Å². The third-order valence-corrected chi connectivity index (χ3v) is 9.51. The van der Waals surface area contributed by atoms with Gasteiger partial charge in [-0.15, -0.1) is 10.2 Å². The van der Waals surface area contributed by atoms with Gasteiger partial charge in [0.25, 0.3) is 0 Å². The van der Waals surface area contributed by atoms with Gasteiger partial charge in [0.15, 0.2) is 11.6 Å². The Balaban J connectivity index is 1.22. The van der Waals surface area contributed by atoms with Crippen LogP contribution in [0, 0.1) is 0 Å². The molecular formula is C44H30N6. The highest BCUT2D eigenvalue weighted by molar-refractivity contribution is 6.09. The van der Waals surface area contributed by atoms with E-state index in [1.165, 1.54) is 21.8 Å². The van der Waals surface area contributed by atoms with Crippen molar-refractivity contribution in [1.29, 1.82) is 0 Å². The standard InChI is InChI=1S/C44H30N6/c1-3-15-33(16-4-1)49-41-25-13-9-21-37(41)43(45-49)48(44-38-22-10-14-26-42(38)50(46-44)34-17-5-2-6-18-34)32-29-27-31(28-30-32)47-39-23-11-7-19-35(39)36-20-8-12-24-40(36)47/h1-30H. The summed E-state index contributed by atoms with van der Waals surface area (Å²) in [5, 5.41) is 15.2. The van der Waals surface area contributed by atoms with Gasteiger partial charge < -0.3 is 4.57 Å². The average molecular weight is 643 g/mol. The maximum atomic E-state index is 5.34. The quantitative estimate of drug-likeness (QED) is 0.181. The van der Waals surface area contributed by atoms with Crippen molar-refractivity contribution in [1.82, 2.24) is 24.1 Å². The van der Waals surface area contributed by atoms with Gasteiger partial charge in [0.05, 0.1) is 33.4 Å². The molecule has 236 valence electrons. The first-order valence-corrected chi connectivity index (χ1v) is 16.8. The van der Waals surface area contributed by atoms with Crippen LogP contribution in [-0.2, 0) is 0 Å². The first kappa shape index (κ1) is 28.1.